The first-order chi connectivity index (χ1) is 20.9. The van der Waals surface area contributed by atoms with E-state index in [0.717, 1.165) is 37.9 Å². The van der Waals surface area contributed by atoms with Crippen LogP contribution in [0.1, 0.15) is 94.3 Å². The number of esters is 2. The molecule has 4 aliphatic rings. The highest BCUT2D eigenvalue weighted by Crippen LogP contribution is 2.57. The van der Waals surface area contributed by atoms with E-state index in [2.05, 4.69) is 6.92 Å². The molecule has 4 saturated carbocycles. The Kier molecular flexibility index (Phi) is 11.3. The number of para-hydroxylation sites is 1. The van der Waals surface area contributed by atoms with Crippen molar-refractivity contribution in [1.29, 1.82) is 0 Å². The number of hydrogen-bond acceptors (Lipinski definition) is 7. The Morgan fingerprint density at radius 2 is 1.45 bits per heavy atom. The summed E-state index contributed by atoms with van der Waals surface area (Å²) in [7, 11) is -5.79. The lowest BCUT2D eigenvalue weighted by atomic mass is 9.54. The van der Waals surface area contributed by atoms with Crippen LogP contribution in [0, 0.1) is 17.8 Å². The minimum atomic E-state index is -5.79. The van der Waals surface area contributed by atoms with Crippen LogP contribution in [0.5, 0.6) is 5.75 Å². The Labute approximate surface area is 257 Å². The molecule has 1 N–H and O–H groups in total. The van der Waals surface area contributed by atoms with E-state index in [1.165, 1.54) is 25.7 Å². The molecule has 1 heterocycles. The minimum absolute atomic E-state index is 0.282. The number of aromatic nitrogens is 1. The summed E-state index contributed by atoms with van der Waals surface area (Å²) in [5.41, 5.74) is -0.422. The first kappa shape index (κ1) is 33.8. The van der Waals surface area contributed by atoms with Gasteiger partial charge in [0.15, 0.2) is 0 Å². The molecule has 0 unspecified atom stereocenters. The summed E-state index contributed by atoms with van der Waals surface area (Å²) < 4.78 is 68.0. The molecule has 0 spiro atoms. The van der Waals surface area contributed by atoms with Crippen molar-refractivity contribution in [1.82, 2.24) is 0 Å². The molecular weight excluding hydrogens is 596 g/mol. The molecule has 44 heavy (non-hydrogen) atoms. The Hall–Kier alpha value is -3.12. The Morgan fingerprint density at radius 1 is 0.909 bits per heavy atom. The second kappa shape index (κ2) is 14.8. The van der Waals surface area contributed by atoms with Crippen molar-refractivity contribution in [3.05, 3.63) is 60.4 Å². The summed E-state index contributed by atoms with van der Waals surface area (Å²) >= 11 is 0. The normalized spacial score (nSPS) is 23.8. The second-order valence-corrected chi connectivity index (χ2v) is 13.7. The van der Waals surface area contributed by atoms with Crippen LogP contribution >= 0.6 is 0 Å². The minimum Gasteiger partial charge on any atom is -0.462 e. The quantitative estimate of drug-likeness (QED) is 0.117. The lowest BCUT2D eigenvalue weighted by Gasteiger charge is -2.55. The van der Waals surface area contributed by atoms with Gasteiger partial charge in [-0.25, -0.2) is 14.4 Å². The number of unbranched alkanes of at least 4 members (excludes halogenated alkanes) is 5. The SMILES string of the molecule is CCCCCCCCOC(=O)c1cc[n+](Oc2ccccc2)cc1.O=C(OC12CC3CC(CC(C3)C1)C2)C(F)(F)S(=O)(=O)O. The van der Waals surface area contributed by atoms with E-state index in [4.69, 9.17) is 18.9 Å². The van der Waals surface area contributed by atoms with E-state index < -0.39 is 26.9 Å². The monoisotopic (exact) mass is 638 g/mol. The summed E-state index contributed by atoms with van der Waals surface area (Å²) in [4.78, 5) is 29.1. The van der Waals surface area contributed by atoms with Gasteiger partial charge < -0.3 is 9.47 Å². The lowest BCUT2D eigenvalue weighted by molar-refractivity contribution is -0.875. The van der Waals surface area contributed by atoms with Crippen molar-refractivity contribution >= 4 is 22.1 Å². The maximum absolute atomic E-state index is 13.3. The standard InChI is InChI=1S/C20H26NO3.C12H16F2O5S/c1-2-3-4-5-6-10-17-23-20(22)18-13-15-21(16-14-18)24-19-11-8-7-9-12-19;13-12(14,20(16,17)18)10(15)19-11-4-7-1-8(5-11)3-9(2-7)6-11/h7-9,11-16H,2-6,10,17H2,1H3;7-9H,1-6H2,(H,16,17,18)/q+1;. The lowest BCUT2D eigenvalue weighted by Crippen LogP contribution is -2.55. The highest BCUT2D eigenvalue weighted by molar-refractivity contribution is 7.87. The highest BCUT2D eigenvalue weighted by atomic mass is 32.2. The Balaban J connectivity index is 0.000000204. The van der Waals surface area contributed by atoms with Gasteiger partial charge in [-0.3, -0.25) is 4.55 Å². The fraction of sp³-hybridized carbons (Fsp3) is 0.594. The third-order valence-corrected chi connectivity index (χ3v) is 9.39. The average Bonchev–Trinajstić information content (AvgIpc) is 2.96. The molecule has 242 valence electrons. The van der Waals surface area contributed by atoms with Gasteiger partial charge in [0.1, 0.15) is 5.60 Å². The summed E-state index contributed by atoms with van der Waals surface area (Å²) in [6.07, 6.45) is 15.1. The van der Waals surface area contributed by atoms with E-state index in [0.29, 0.717) is 49.2 Å². The van der Waals surface area contributed by atoms with Crippen LogP contribution in [-0.4, -0.2) is 42.4 Å². The van der Waals surface area contributed by atoms with Crippen molar-refractivity contribution in [2.45, 2.75) is 94.8 Å². The number of ether oxygens (including phenoxy) is 2. The van der Waals surface area contributed by atoms with Gasteiger partial charge in [0, 0.05) is 16.9 Å². The zero-order valence-electron chi connectivity index (χ0n) is 25.0. The van der Waals surface area contributed by atoms with Crippen LogP contribution < -0.4 is 9.57 Å². The van der Waals surface area contributed by atoms with Crippen LogP contribution in [0.25, 0.3) is 0 Å². The molecule has 1 aromatic heterocycles. The summed E-state index contributed by atoms with van der Waals surface area (Å²) in [5.74, 6) is -0.589. The molecule has 2 aromatic rings. The van der Waals surface area contributed by atoms with Gasteiger partial charge in [-0.2, -0.15) is 17.2 Å². The molecule has 6 rings (SSSR count). The average molecular weight is 639 g/mol. The first-order valence-electron chi connectivity index (χ1n) is 15.4. The number of hydrogen-bond donors (Lipinski definition) is 1. The Bertz CT molecular complexity index is 1320. The van der Waals surface area contributed by atoms with Gasteiger partial charge in [-0.05, 0) is 74.8 Å². The maximum Gasteiger partial charge on any atom is 0.465 e. The maximum atomic E-state index is 13.3. The molecule has 1 aromatic carbocycles. The zero-order chi connectivity index (χ0) is 31.8. The molecule has 0 atom stereocenters. The number of carbonyl (C=O) groups is 2. The third kappa shape index (κ3) is 8.97. The van der Waals surface area contributed by atoms with Gasteiger partial charge in [0.2, 0.25) is 18.1 Å². The number of rotatable bonds is 13. The third-order valence-electron chi connectivity index (χ3n) is 8.58. The molecule has 4 aliphatic carbocycles. The number of nitrogens with zero attached hydrogens (tertiary/aromatic N) is 1. The topological polar surface area (TPSA) is 120 Å². The number of benzene rings is 1. The summed E-state index contributed by atoms with van der Waals surface area (Å²) in [5, 5.41) is -4.89. The molecule has 0 amide bonds. The Morgan fingerprint density at radius 3 is 2.00 bits per heavy atom. The van der Waals surface area contributed by atoms with Crippen molar-refractivity contribution in [2.75, 3.05) is 6.61 Å². The smallest absolute Gasteiger partial charge is 0.462 e. The zero-order valence-corrected chi connectivity index (χ0v) is 25.9. The van der Waals surface area contributed by atoms with Crippen molar-refractivity contribution in [3.8, 4) is 5.75 Å². The van der Waals surface area contributed by atoms with Crippen molar-refractivity contribution < 1.29 is 50.4 Å². The van der Waals surface area contributed by atoms with E-state index in [9.17, 15) is 26.8 Å². The molecule has 4 fully saturated rings. The predicted molar refractivity (Wildman–Crippen MR) is 156 cm³/mol. The molecule has 12 heteroatoms. The number of carbonyl (C=O) groups excluding carboxylic acids is 2. The van der Waals surface area contributed by atoms with E-state index in [1.807, 2.05) is 30.3 Å². The molecular formula is C32H42F2NO8S+. The largest absolute Gasteiger partial charge is 0.465 e. The van der Waals surface area contributed by atoms with E-state index in [-0.39, 0.29) is 5.97 Å². The first-order valence-corrected chi connectivity index (χ1v) is 16.8. The van der Waals surface area contributed by atoms with Gasteiger partial charge in [-0.1, -0.05) is 57.2 Å². The molecule has 0 radical (unpaired) electrons. The fourth-order valence-electron chi connectivity index (χ4n) is 6.86. The predicted octanol–water partition coefficient (Wildman–Crippen LogP) is 6.31. The second-order valence-electron chi connectivity index (χ2n) is 12.2. The number of alkyl halides is 2. The summed E-state index contributed by atoms with van der Waals surface area (Å²) in [6, 6.07) is 12.9. The van der Waals surface area contributed by atoms with Crippen molar-refractivity contribution in [3.63, 3.8) is 0 Å². The van der Waals surface area contributed by atoms with Crippen LogP contribution in [-0.2, 0) is 24.4 Å². The summed E-state index contributed by atoms with van der Waals surface area (Å²) in [6.45, 7) is 2.69. The van der Waals surface area contributed by atoms with Gasteiger partial charge in [0.05, 0.1) is 12.2 Å². The molecule has 4 bridgehead atoms. The van der Waals surface area contributed by atoms with Crippen LogP contribution in [0.15, 0.2) is 54.9 Å². The van der Waals surface area contributed by atoms with Crippen LogP contribution in [0.2, 0.25) is 0 Å². The van der Waals surface area contributed by atoms with E-state index in [1.54, 1.807) is 29.3 Å². The molecule has 0 aliphatic heterocycles. The number of halogens is 2. The van der Waals surface area contributed by atoms with Crippen molar-refractivity contribution in [2.24, 2.45) is 17.8 Å². The van der Waals surface area contributed by atoms with Gasteiger partial charge >= 0.3 is 27.3 Å². The fourth-order valence-corrected chi connectivity index (χ4v) is 7.11. The van der Waals surface area contributed by atoms with Crippen LogP contribution in [0.3, 0.4) is 0 Å². The molecule has 9 nitrogen and oxygen atoms in total. The highest BCUT2D eigenvalue weighted by Gasteiger charge is 2.59. The van der Waals surface area contributed by atoms with Gasteiger partial charge in [0.25, 0.3) is 0 Å². The number of pyridine rings is 1. The van der Waals surface area contributed by atoms with Gasteiger partial charge in [-0.15, -0.1) is 0 Å². The van der Waals surface area contributed by atoms with E-state index >= 15 is 0 Å². The molecule has 0 saturated heterocycles. The van der Waals surface area contributed by atoms with Crippen LogP contribution in [0.4, 0.5) is 8.78 Å².